The number of carboxylic acids is 1. The molecule has 1 amide bonds. The van der Waals surface area contributed by atoms with E-state index >= 15 is 0 Å². The highest BCUT2D eigenvalue weighted by Crippen LogP contribution is 2.33. The lowest BCUT2D eigenvalue weighted by molar-refractivity contribution is -0.147. The molecule has 2 heterocycles. The average molecular weight is 464 g/mol. The van der Waals surface area contributed by atoms with Gasteiger partial charge in [0.1, 0.15) is 17.1 Å². The maximum absolute atomic E-state index is 12.9. The summed E-state index contributed by atoms with van der Waals surface area (Å²) < 4.78 is 45.8. The van der Waals surface area contributed by atoms with E-state index in [9.17, 15) is 27.9 Å². The second-order valence-electron chi connectivity index (χ2n) is 8.18. The van der Waals surface area contributed by atoms with Crippen molar-refractivity contribution in [2.45, 2.75) is 39.9 Å². The first kappa shape index (κ1) is 24.0. The predicted molar refractivity (Wildman–Crippen MR) is 114 cm³/mol. The number of hydrogen-bond donors (Lipinski definition) is 2. The highest BCUT2D eigenvalue weighted by atomic mass is 19.4. The quantitative estimate of drug-likeness (QED) is 0.533. The average Bonchev–Trinajstić information content (AvgIpc) is 3.06. The first-order valence-electron chi connectivity index (χ1n) is 9.97. The zero-order valence-corrected chi connectivity index (χ0v) is 18.4. The third-order valence-corrected chi connectivity index (χ3v) is 5.37. The summed E-state index contributed by atoms with van der Waals surface area (Å²) in [6, 6.07) is 6.28. The molecule has 3 aromatic rings. The number of aliphatic carboxylic acids is 1. The van der Waals surface area contributed by atoms with Crippen molar-refractivity contribution in [2.24, 2.45) is 5.41 Å². The Balaban J connectivity index is 1.91. The first-order valence-corrected chi connectivity index (χ1v) is 9.97. The number of halogens is 3. The van der Waals surface area contributed by atoms with E-state index in [1.165, 1.54) is 13.2 Å². The van der Waals surface area contributed by atoms with Gasteiger partial charge in [-0.2, -0.15) is 18.3 Å². The SMILES string of the molecule is COc1cc2nn(CCC(C)(C)C(=O)O)c(C)c2cc1NC(=O)c1cccc(C(F)(F)F)n1. The molecule has 0 saturated heterocycles. The molecule has 0 radical (unpaired) electrons. The van der Waals surface area contributed by atoms with Crippen LogP contribution >= 0.6 is 0 Å². The highest BCUT2D eigenvalue weighted by Gasteiger charge is 2.33. The molecule has 0 spiro atoms. The molecule has 33 heavy (non-hydrogen) atoms. The number of amides is 1. The van der Waals surface area contributed by atoms with Gasteiger partial charge in [0.15, 0.2) is 0 Å². The molecule has 1 aromatic carbocycles. The molecule has 8 nitrogen and oxygen atoms in total. The van der Waals surface area contributed by atoms with Gasteiger partial charge in [0, 0.05) is 23.7 Å². The zero-order chi connectivity index (χ0) is 24.6. The fraction of sp³-hybridized carbons (Fsp3) is 0.364. The molecule has 0 aliphatic rings. The maximum Gasteiger partial charge on any atom is 0.433 e. The molecular formula is C22H23F3N4O4. The lowest BCUT2D eigenvalue weighted by atomic mass is 9.90. The van der Waals surface area contributed by atoms with E-state index in [0.29, 0.717) is 23.9 Å². The van der Waals surface area contributed by atoms with E-state index in [4.69, 9.17) is 4.74 Å². The van der Waals surface area contributed by atoms with Gasteiger partial charge in [-0.05, 0) is 45.4 Å². The van der Waals surface area contributed by atoms with E-state index in [1.54, 1.807) is 37.6 Å². The number of aromatic nitrogens is 3. The molecule has 0 bridgehead atoms. The minimum atomic E-state index is -4.67. The van der Waals surface area contributed by atoms with Crippen molar-refractivity contribution >= 4 is 28.5 Å². The number of aryl methyl sites for hydroxylation is 2. The molecule has 0 fully saturated rings. The zero-order valence-electron chi connectivity index (χ0n) is 18.4. The number of alkyl halides is 3. The monoisotopic (exact) mass is 464 g/mol. The summed E-state index contributed by atoms with van der Waals surface area (Å²) in [5, 5.41) is 17.0. The number of ether oxygens (including phenoxy) is 1. The van der Waals surface area contributed by atoms with Crippen LogP contribution in [-0.2, 0) is 17.5 Å². The van der Waals surface area contributed by atoms with Crippen LogP contribution in [0.1, 0.15) is 42.1 Å². The van der Waals surface area contributed by atoms with Crippen molar-refractivity contribution < 1.29 is 32.6 Å². The summed E-state index contributed by atoms with van der Waals surface area (Å²) in [7, 11) is 1.39. The molecule has 3 rings (SSSR count). The third-order valence-electron chi connectivity index (χ3n) is 5.37. The largest absolute Gasteiger partial charge is 0.494 e. The number of hydrogen-bond acceptors (Lipinski definition) is 5. The molecule has 2 N–H and O–H groups in total. The van der Waals surface area contributed by atoms with Gasteiger partial charge in [0.05, 0.1) is 23.7 Å². The number of methoxy groups -OCH3 is 1. The Morgan fingerprint density at radius 3 is 2.52 bits per heavy atom. The predicted octanol–water partition coefficient (Wildman–Crippen LogP) is 4.52. The Labute approximate surface area is 187 Å². The summed E-state index contributed by atoms with van der Waals surface area (Å²) >= 11 is 0. The van der Waals surface area contributed by atoms with Gasteiger partial charge in [-0.1, -0.05) is 6.07 Å². The van der Waals surface area contributed by atoms with Gasteiger partial charge in [0.2, 0.25) is 0 Å². The number of pyridine rings is 1. The topological polar surface area (TPSA) is 106 Å². The minimum Gasteiger partial charge on any atom is -0.494 e. The molecule has 0 aliphatic heterocycles. The Bertz CT molecular complexity index is 1220. The molecule has 2 aromatic heterocycles. The van der Waals surface area contributed by atoms with E-state index in [-0.39, 0.29) is 11.4 Å². The summed E-state index contributed by atoms with van der Waals surface area (Å²) in [6.07, 6.45) is -4.33. The summed E-state index contributed by atoms with van der Waals surface area (Å²) in [5.74, 6) is -1.47. The van der Waals surface area contributed by atoms with Crippen molar-refractivity contribution in [1.29, 1.82) is 0 Å². The van der Waals surface area contributed by atoms with Crippen LogP contribution in [0.2, 0.25) is 0 Å². The minimum absolute atomic E-state index is 0.239. The summed E-state index contributed by atoms with van der Waals surface area (Å²) in [6.45, 7) is 5.42. The Hall–Kier alpha value is -3.63. The standard InChI is InChI=1S/C22H23F3N4O4/c1-12-13-10-16(27-19(30)14-6-5-7-18(26-14)22(23,24)25)17(33-4)11-15(13)28-29(12)9-8-21(2,3)20(31)32/h5-7,10-11H,8-9H2,1-4H3,(H,27,30)(H,31,32). The smallest absolute Gasteiger partial charge is 0.433 e. The van der Waals surface area contributed by atoms with Gasteiger partial charge in [-0.3, -0.25) is 14.3 Å². The van der Waals surface area contributed by atoms with Crippen LogP contribution < -0.4 is 10.1 Å². The van der Waals surface area contributed by atoms with Crippen molar-refractivity contribution in [2.75, 3.05) is 12.4 Å². The van der Waals surface area contributed by atoms with Crippen LogP contribution in [0.15, 0.2) is 30.3 Å². The van der Waals surface area contributed by atoms with Gasteiger partial charge in [-0.15, -0.1) is 0 Å². The van der Waals surface area contributed by atoms with E-state index in [2.05, 4.69) is 15.4 Å². The molecule has 0 atom stereocenters. The normalized spacial score (nSPS) is 12.1. The second-order valence-corrected chi connectivity index (χ2v) is 8.18. The molecule has 0 saturated carbocycles. The van der Waals surface area contributed by atoms with Crippen molar-refractivity contribution in [3.63, 3.8) is 0 Å². The molecule has 0 unspecified atom stereocenters. The van der Waals surface area contributed by atoms with Crippen LogP contribution in [0.25, 0.3) is 10.9 Å². The first-order chi connectivity index (χ1) is 15.3. The van der Waals surface area contributed by atoms with Crippen molar-refractivity contribution in [3.05, 3.63) is 47.4 Å². The van der Waals surface area contributed by atoms with Crippen molar-refractivity contribution in [3.8, 4) is 5.75 Å². The van der Waals surface area contributed by atoms with Gasteiger partial charge in [0.25, 0.3) is 5.91 Å². The lowest BCUT2D eigenvalue weighted by Crippen LogP contribution is -2.25. The second kappa shape index (κ2) is 8.72. The van der Waals surface area contributed by atoms with Crippen molar-refractivity contribution in [1.82, 2.24) is 14.8 Å². The maximum atomic E-state index is 12.9. The fourth-order valence-electron chi connectivity index (χ4n) is 3.17. The fourth-order valence-corrected chi connectivity index (χ4v) is 3.17. The third kappa shape index (κ3) is 5.07. The number of nitrogens with zero attached hydrogens (tertiary/aromatic N) is 3. The van der Waals surface area contributed by atoms with Gasteiger partial charge < -0.3 is 15.2 Å². The number of benzene rings is 1. The molecule has 176 valence electrons. The highest BCUT2D eigenvalue weighted by molar-refractivity contribution is 6.05. The number of nitrogens with one attached hydrogen (secondary N) is 1. The van der Waals surface area contributed by atoms with Crippen LogP contribution in [0.4, 0.5) is 18.9 Å². The van der Waals surface area contributed by atoms with Crippen LogP contribution in [-0.4, -0.2) is 38.9 Å². The summed E-state index contributed by atoms with van der Waals surface area (Å²) in [5.41, 5.74) is -0.953. The Morgan fingerprint density at radius 1 is 1.21 bits per heavy atom. The molecule has 0 aliphatic carbocycles. The molecule has 11 heteroatoms. The number of carbonyl (C=O) groups is 2. The molecular weight excluding hydrogens is 441 g/mol. The van der Waals surface area contributed by atoms with Gasteiger partial charge in [-0.25, -0.2) is 4.98 Å². The van der Waals surface area contributed by atoms with E-state index in [1.807, 2.05) is 0 Å². The van der Waals surface area contributed by atoms with E-state index < -0.39 is 34.9 Å². The number of carbonyl (C=O) groups excluding carboxylic acids is 1. The van der Waals surface area contributed by atoms with Crippen LogP contribution in [0.3, 0.4) is 0 Å². The van der Waals surface area contributed by atoms with E-state index in [0.717, 1.165) is 17.8 Å². The Morgan fingerprint density at radius 2 is 1.91 bits per heavy atom. The Kier molecular flexibility index (Phi) is 6.35. The van der Waals surface area contributed by atoms with Gasteiger partial charge >= 0.3 is 12.1 Å². The van der Waals surface area contributed by atoms with Crippen LogP contribution in [0, 0.1) is 12.3 Å². The summed E-state index contributed by atoms with van der Waals surface area (Å²) in [4.78, 5) is 27.4. The number of rotatable bonds is 7. The number of anilines is 1. The number of fused-ring (bicyclic) bond motifs is 1. The van der Waals surface area contributed by atoms with Crippen LogP contribution in [0.5, 0.6) is 5.75 Å². The number of carboxylic acid groups (broad SMARTS) is 1. The lowest BCUT2D eigenvalue weighted by Gasteiger charge is -2.19.